The van der Waals surface area contributed by atoms with Gasteiger partial charge < -0.3 is 10.1 Å². The van der Waals surface area contributed by atoms with Gasteiger partial charge in [0.25, 0.3) is 5.56 Å². The molecule has 2 heterocycles. The highest BCUT2D eigenvalue weighted by atomic mass is 35.5. The molecule has 1 amide bonds. The van der Waals surface area contributed by atoms with Crippen LogP contribution in [0, 0.1) is 0 Å². The summed E-state index contributed by atoms with van der Waals surface area (Å²) in [5.74, 6) is -0.255. The lowest BCUT2D eigenvalue weighted by molar-refractivity contribution is -0.121. The molecule has 0 fully saturated rings. The Morgan fingerprint density at radius 2 is 2.12 bits per heavy atom. The van der Waals surface area contributed by atoms with E-state index in [2.05, 4.69) is 10.3 Å². The molecule has 1 N–H and O–H groups in total. The highest BCUT2D eigenvalue weighted by molar-refractivity contribution is 7.22. The maximum Gasteiger partial charge on any atom is 0.271 e. The third kappa shape index (κ3) is 4.07. The van der Waals surface area contributed by atoms with Crippen molar-refractivity contribution in [2.75, 3.05) is 20.3 Å². The van der Waals surface area contributed by atoms with Crippen molar-refractivity contribution in [3.63, 3.8) is 0 Å². The monoisotopic (exact) mass is 377 g/mol. The number of nitrogens with zero attached hydrogens (tertiary/aromatic N) is 2. The maximum atomic E-state index is 12.6. The molecule has 1 aromatic carbocycles. The molecule has 2 aromatic heterocycles. The molecule has 0 radical (unpaired) electrons. The number of methoxy groups -OCH3 is 1. The van der Waals surface area contributed by atoms with E-state index in [1.54, 1.807) is 19.2 Å². The smallest absolute Gasteiger partial charge is 0.271 e. The number of thiophene rings is 1. The van der Waals surface area contributed by atoms with Crippen LogP contribution in [0.5, 0.6) is 0 Å². The van der Waals surface area contributed by atoms with Gasteiger partial charge in [-0.1, -0.05) is 23.7 Å². The average Bonchev–Trinajstić information content (AvgIpc) is 3.03. The number of amides is 1. The second-order valence-electron chi connectivity index (χ2n) is 5.35. The van der Waals surface area contributed by atoms with Gasteiger partial charge in [0.05, 0.1) is 18.5 Å². The van der Waals surface area contributed by atoms with E-state index in [1.165, 1.54) is 22.2 Å². The van der Waals surface area contributed by atoms with Crippen LogP contribution in [0.3, 0.4) is 0 Å². The van der Waals surface area contributed by atoms with Crippen molar-refractivity contribution >= 4 is 39.1 Å². The SMILES string of the molecule is COCCNC(=O)Cn1cnc2cc(-c3ccc(Cl)cc3)sc2c1=O. The van der Waals surface area contributed by atoms with E-state index in [4.69, 9.17) is 16.3 Å². The van der Waals surface area contributed by atoms with E-state index in [0.29, 0.717) is 28.4 Å². The van der Waals surface area contributed by atoms with Crippen LogP contribution in [-0.4, -0.2) is 35.7 Å². The molecule has 3 rings (SSSR count). The summed E-state index contributed by atoms with van der Waals surface area (Å²) >= 11 is 7.26. The first-order chi connectivity index (χ1) is 12.1. The number of hydrogen-bond donors (Lipinski definition) is 1. The predicted octanol–water partition coefficient (Wildman–Crippen LogP) is 2.54. The van der Waals surface area contributed by atoms with E-state index >= 15 is 0 Å². The van der Waals surface area contributed by atoms with Gasteiger partial charge in [-0.2, -0.15) is 0 Å². The number of halogens is 1. The highest BCUT2D eigenvalue weighted by Crippen LogP contribution is 2.31. The molecule has 0 aliphatic rings. The molecule has 0 unspecified atom stereocenters. The molecule has 8 heteroatoms. The first-order valence-corrected chi connectivity index (χ1v) is 8.78. The van der Waals surface area contributed by atoms with Crippen LogP contribution in [0.1, 0.15) is 0 Å². The fraction of sp³-hybridized carbons (Fsp3) is 0.235. The fourth-order valence-corrected chi connectivity index (χ4v) is 3.51. The largest absolute Gasteiger partial charge is 0.383 e. The predicted molar refractivity (Wildman–Crippen MR) is 99.2 cm³/mol. The Morgan fingerprint density at radius 1 is 1.36 bits per heavy atom. The number of carbonyl (C=O) groups is 1. The van der Waals surface area contributed by atoms with Gasteiger partial charge in [0.1, 0.15) is 11.2 Å². The molecule has 25 heavy (non-hydrogen) atoms. The molecule has 0 saturated heterocycles. The summed E-state index contributed by atoms with van der Waals surface area (Å²) in [6.45, 7) is 0.756. The Kier molecular flexibility index (Phi) is 5.47. The van der Waals surface area contributed by atoms with Gasteiger partial charge in [-0.15, -0.1) is 11.3 Å². The Balaban J connectivity index is 1.86. The zero-order valence-corrected chi connectivity index (χ0v) is 15.1. The van der Waals surface area contributed by atoms with Crippen molar-refractivity contribution in [3.8, 4) is 10.4 Å². The van der Waals surface area contributed by atoms with E-state index in [0.717, 1.165) is 10.4 Å². The van der Waals surface area contributed by atoms with Crippen LogP contribution >= 0.6 is 22.9 Å². The Bertz CT molecular complexity index is 950. The summed E-state index contributed by atoms with van der Waals surface area (Å²) in [5, 5.41) is 3.34. The number of ether oxygens (including phenoxy) is 1. The van der Waals surface area contributed by atoms with Gasteiger partial charge in [-0.25, -0.2) is 4.98 Å². The average molecular weight is 378 g/mol. The third-order valence-electron chi connectivity index (χ3n) is 3.57. The lowest BCUT2D eigenvalue weighted by atomic mass is 10.2. The molecule has 3 aromatic rings. The third-order valence-corrected chi connectivity index (χ3v) is 4.99. The summed E-state index contributed by atoms with van der Waals surface area (Å²) in [5.41, 5.74) is 1.36. The topological polar surface area (TPSA) is 73.2 Å². The quantitative estimate of drug-likeness (QED) is 0.670. The summed E-state index contributed by atoms with van der Waals surface area (Å²) in [6.07, 6.45) is 1.40. The molecule has 0 bridgehead atoms. The first kappa shape index (κ1) is 17.6. The van der Waals surface area contributed by atoms with Crippen molar-refractivity contribution in [2.24, 2.45) is 0 Å². The Labute approximate surface area is 153 Å². The summed E-state index contributed by atoms with van der Waals surface area (Å²) in [6, 6.07) is 9.27. The fourth-order valence-electron chi connectivity index (χ4n) is 2.32. The van der Waals surface area contributed by atoms with Gasteiger partial charge >= 0.3 is 0 Å². The van der Waals surface area contributed by atoms with E-state index in [1.807, 2.05) is 18.2 Å². The van der Waals surface area contributed by atoms with Gasteiger partial charge in [-0.05, 0) is 23.8 Å². The van der Waals surface area contributed by atoms with Crippen LogP contribution in [0.25, 0.3) is 20.7 Å². The number of carbonyl (C=O) groups excluding carboxylic acids is 1. The number of nitrogens with one attached hydrogen (secondary N) is 1. The number of benzene rings is 1. The van der Waals surface area contributed by atoms with E-state index in [-0.39, 0.29) is 18.0 Å². The van der Waals surface area contributed by atoms with Crippen LogP contribution in [0.4, 0.5) is 0 Å². The van der Waals surface area contributed by atoms with Crippen LogP contribution in [-0.2, 0) is 16.1 Å². The zero-order chi connectivity index (χ0) is 17.8. The first-order valence-electron chi connectivity index (χ1n) is 7.59. The summed E-state index contributed by atoms with van der Waals surface area (Å²) in [7, 11) is 1.56. The van der Waals surface area contributed by atoms with Crippen molar-refractivity contribution in [3.05, 3.63) is 52.0 Å². The second-order valence-corrected chi connectivity index (χ2v) is 6.84. The molecule has 0 aliphatic carbocycles. The van der Waals surface area contributed by atoms with Gasteiger partial charge in [-0.3, -0.25) is 14.2 Å². The molecule has 6 nitrogen and oxygen atoms in total. The minimum absolute atomic E-state index is 0.0698. The van der Waals surface area contributed by atoms with Gasteiger partial charge in [0, 0.05) is 23.6 Å². The molecule has 130 valence electrons. The lowest BCUT2D eigenvalue weighted by Gasteiger charge is -2.06. The van der Waals surface area contributed by atoms with Crippen molar-refractivity contribution in [2.45, 2.75) is 6.54 Å². The zero-order valence-electron chi connectivity index (χ0n) is 13.5. The molecule has 0 saturated carbocycles. The molecule has 0 atom stereocenters. The van der Waals surface area contributed by atoms with Gasteiger partial charge in [0.15, 0.2) is 0 Å². The number of rotatable bonds is 6. The molecular weight excluding hydrogens is 362 g/mol. The van der Waals surface area contributed by atoms with Crippen molar-refractivity contribution in [1.82, 2.24) is 14.9 Å². The van der Waals surface area contributed by atoms with Crippen LogP contribution in [0.15, 0.2) is 41.5 Å². The summed E-state index contributed by atoms with van der Waals surface area (Å²) < 4.78 is 6.71. The second kappa shape index (κ2) is 7.77. The molecule has 0 aliphatic heterocycles. The highest BCUT2D eigenvalue weighted by Gasteiger charge is 2.12. The van der Waals surface area contributed by atoms with Crippen molar-refractivity contribution < 1.29 is 9.53 Å². The number of aromatic nitrogens is 2. The van der Waals surface area contributed by atoms with Gasteiger partial charge in [0.2, 0.25) is 5.91 Å². The van der Waals surface area contributed by atoms with Crippen LogP contribution in [0.2, 0.25) is 5.02 Å². The summed E-state index contributed by atoms with van der Waals surface area (Å²) in [4.78, 5) is 29.7. The molecular formula is C17H16ClN3O3S. The minimum atomic E-state index is -0.255. The lowest BCUT2D eigenvalue weighted by Crippen LogP contribution is -2.33. The standard InChI is InChI=1S/C17H16ClN3O3S/c1-24-7-6-19-15(22)9-21-10-20-13-8-14(25-16(13)17(21)23)11-2-4-12(18)5-3-11/h2-5,8,10H,6-7,9H2,1H3,(H,19,22). The normalized spacial score (nSPS) is 11.0. The Morgan fingerprint density at radius 3 is 2.84 bits per heavy atom. The Hall–Kier alpha value is -2.22. The van der Waals surface area contributed by atoms with Crippen LogP contribution < -0.4 is 10.9 Å². The minimum Gasteiger partial charge on any atom is -0.383 e. The van der Waals surface area contributed by atoms with Crippen molar-refractivity contribution in [1.29, 1.82) is 0 Å². The maximum absolute atomic E-state index is 12.6. The van der Waals surface area contributed by atoms with E-state index in [9.17, 15) is 9.59 Å². The molecule has 0 spiro atoms. The number of hydrogen-bond acceptors (Lipinski definition) is 5. The number of fused-ring (bicyclic) bond motifs is 1. The van der Waals surface area contributed by atoms with E-state index < -0.39 is 0 Å².